The number of aliphatic hydroxyl groups excluding tert-OH is 1. The number of amides is 2. The third kappa shape index (κ3) is 4.53. The van der Waals surface area contributed by atoms with E-state index in [1.165, 1.54) is 12.8 Å². The molecule has 2 aromatic rings. The standard InChI is InChI=1S/C26H28N2O7/c29-12-23-25-19(9-17(34-23)10-24(30)27-11-14-1-2-14)18-8-16(4-6-20(18)35-25)28-26(31)15-3-5-21-22(7-15)33-13-32-21/h3-8,14,17,19,23,25,29H,1-2,9-13H2,(H,27,30)(H,28,31)/t17-,19-,23+,25+/m1/s1. The zero-order chi connectivity index (χ0) is 23.9. The van der Waals surface area contributed by atoms with E-state index in [-0.39, 0.29) is 49.8 Å². The number of carbonyl (C=O) groups is 2. The van der Waals surface area contributed by atoms with Gasteiger partial charge in [-0.1, -0.05) is 0 Å². The summed E-state index contributed by atoms with van der Waals surface area (Å²) in [6.07, 6.45) is 2.05. The summed E-state index contributed by atoms with van der Waals surface area (Å²) in [6, 6.07) is 10.6. The van der Waals surface area contributed by atoms with Crippen LogP contribution in [0.3, 0.4) is 0 Å². The highest BCUT2D eigenvalue weighted by molar-refractivity contribution is 6.04. The number of carbonyl (C=O) groups excluding carboxylic acids is 2. The molecule has 4 aliphatic rings. The fourth-order valence-corrected chi connectivity index (χ4v) is 5.07. The molecule has 1 aliphatic carbocycles. The van der Waals surface area contributed by atoms with Gasteiger partial charge in [0.1, 0.15) is 18.0 Å². The Labute approximate surface area is 202 Å². The molecule has 0 aromatic heterocycles. The van der Waals surface area contributed by atoms with Crippen molar-refractivity contribution in [2.75, 3.05) is 25.3 Å². The van der Waals surface area contributed by atoms with Crippen molar-refractivity contribution in [3.8, 4) is 17.2 Å². The molecular formula is C26H28N2O7. The predicted octanol–water partition coefficient (Wildman–Crippen LogP) is 2.58. The molecule has 6 rings (SSSR count). The minimum Gasteiger partial charge on any atom is -0.487 e. The minimum absolute atomic E-state index is 0.0269. The smallest absolute Gasteiger partial charge is 0.255 e. The number of fused-ring (bicyclic) bond motifs is 4. The van der Waals surface area contributed by atoms with Gasteiger partial charge < -0.3 is 34.7 Å². The fourth-order valence-electron chi connectivity index (χ4n) is 5.07. The molecule has 3 N–H and O–H groups in total. The minimum atomic E-state index is -0.519. The van der Waals surface area contributed by atoms with E-state index in [9.17, 15) is 14.7 Å². The van der Waals surface area contributed by atoms with E-state index in [2.05, 4.69) is 10.6 Å². The summed E-state index contributed by atoms with van der Waals surface area (Å²) < 4.78 is 22.8. The maximum absolute atomic E-state index is 12.8. The maximum Gasteiger partial charge on any atom is 0.255 e. The van der Waals surface area contributed by atoms with Gasteiger partial charge in [-0.15, -0.1) is 0 Å². The second-order valence-electron chi connectivity index (χ2n) is 9.63. The number of anilines is 1. The summed E-state index contributed by atoms with van der Waals surface area (Å²) in [7, 11) is 0. The van der Waals surface area contributed by atoms with E-state index >= 15 is 0 Å². The van der Waals surface area contributed by atoms with Crippen molar-refractivity contribution in [3.63, 3.8) is 0 Å². The summed E-state index contributed by atoms with van der Waals surface area (Å²) in [5.74, 6) is 2.16. The van der Waals surface area contributed by atoms with Crippen LogP contribution in [0.5, 0.6) is 17.2 Å². The van der Waals surface area contributed by atoms with Crippen LogP contribution in [0.1, 0.15) is 47.5 Å². The Morgan fingerprint density at radius 3 is 2.69 bits per heavy atom. The summed E-state index contributed by atoms with van der Waals surface area (Å²) in [4.78, 5) is 25.3. The molecule has 2 fully saturated rings. The lowest BCUT2D eigenvalue weighted by Crippen LogP contribution is -2.47. The molecule has 35 heavy (non-hydrogen) atoms. The van der Waals surface area contributed by atoms with Crippen molar-refractivity contribution in [1.29, 1.82) is 0 Å². The molecule has 0 radical (unpaired) electrons. The molecule has 1 saturated carbocycles. The molecule has 3 aliphatic heterocycles. The molecule has 0 unspecified atom stereocenters. The lowest BCUT2D eigenvalue weighted by atomic mass is 9.84. The highest BCUT2D eigenvalue weighted by Gasteiger charge is 2.46. The third-order valence-corrected chi connectivity index (χ3v) is 7.09. The number of aliphatic hydroxyl groups is 1. The molecule has 0 bridgehead atoms. The summed E-state index contributed by atoms with van der Waals surface area (Å²) in [6.45, 7) is 0.679. The Morgan fingerprint density at radius 2 is 1.86 bits per heavy atom. The van der Waals surface area contributed by atoms with Gasteiger partial charge in [0.05, 0.1) is 19.1 Å². The Balaban J connectivity index is 1.16. The number of hydrogen-bond donors (Lipinski definition) is 3. The fraction of sp³-hybridized carbons (Fsp3) is 0.462. The molecule has 9 nitrogen and oxygen atoms in total. The summed E-state index contributed by atoms with van der Waals surface area (Å²) in [5.41, 5.74) is 2.05. The van der Waals surface area contributed by atoms with E-state index in [1.54, 1.807) is 24.3 Å². The van der Waals surface area contributed by atoms with Crippen LogP contribution in [0.2, 0.25) is 0 Å². The van der Waals surface area contributed by atoms with Gasteiger partial charge in [0.15, 0.2) is 11.5 Å². The van der Waals surface area contributed by atoms with Crippen molar-refractivity contribution in [2.24, 2.45) is 5.92 Å². The first kappa shape index (κ1) is 22.2. The number of benzene rings is 2. The van der Waals surface area contributed by atoms with Crippen molar-refractivity contribution < 1.29 is 33.6 Å². The average molecular weight is 481 g/mol. The monoisotopic (exact) mass is 480 g/mol. The Kier molecular flexibility index (Phi) is 5.74. The van der Waals surface area contributed by atoms with Gasteiger partial charge in [-0.2, -0.15) is 0 Å². The molecule has 184 valence electrons. The van der Waals surface area contributed by atoms with Crippen LogP contribution in [-0.4, -0.2) is 55.2 Å². The van der Waals surface area contributed by atoms with Crippen LogP contribution in [0.25, 0.3) is 0 Å². The first-order valence-corrected chi connectivity index (χ1v) is 12.1. The van der Waals surface area contributed by atoms with Crippen LogP contribution in [-0.2, 0) is 9.53 Å². The van der Waals surface area contributed by atoms with E-state index in [0.717, 1.165) is 12.1 Å². The van der Waals surface area contributed by atoms with Crippen LogP contribution in [0.4, 0.5) is 5.69 Å². The molecule has 2 aromatic carbocycles. The number of ether oxygens (including phenoxy) is 4. The van der Waals surface area contributed by atoms with E-state index < -0.39 is 6.10 Å². The quantitative estimate of drug-likeness (QED) is 0.558. The van der Waals surface area contributed by atoms with Gasteiger partial charge >= 0.3 is 0 Å². The second-order valence-corrected chi connectivity index (χ2v) is 9.63. The zero-order valence-corrected chi connectivity index (χ0v) is 19.2. The Morgan fingerprint density at radius 1 is 1.03 bits per heavy atom. The number of nitrogens with one attached hydrogen (secondary N) is 2. The molecule has 4 atom stereocenters. The lowest BCUT2D eigenvalue weighted by molar-refractivity contribution is -0.142. The first-order chi connectivity index (χ1) is 17.1. The van der Waals surface area contributed by atoms with Crippen molar-refractivity contribution in [1.82, 2.24) is 5.32 Å². The zero-order valence-electron chi connectivity index (χ0n) is 19.2. The average Bonchev–Trinajstić information content (AvgIpc) is 3.45. The van der Waals surface area contributed by atoms with E-state index in [0.29, 0.717) is 40.8 Å². The van der Waals surface area contributed by atoms with Gasteiger partial charge in [0, 0.05) is 29.3 Å². The Bertz CT molecular complexity index is 1150. The maximum atomic E-state index is 12.8. The molecule has 9 heteroatoms. The van der Waals surface area contributed by atoms with Gasteiger partial charge in [0.2, 0.25) is 12.7 Å². The number of rotatable bonds is 7. The molecule has 3 heterocycles. The topological polar surface area (TPSA) is 115 Å². The van der Waals surface area contributed by atoms with Crippen LogP contribution in [0.15, 0.2) is 36.4 Å². The van der Waals surface area contributed by atoms with Gasteiger partial charge in [-0.3, -0.25) is 9.59 Å². The summed E-state index contributed by atoms with van der Waals surface area (Å²) in [5, 5.41) is 15.9. The van der Waals surface area contributed by atoms with E-state index in [1.807, 2.05) is 12.1 Å². The summed E-state index contributed by atoms with van der Waals surface area (Å²) >= 11 is 0. The van der Waals surface area contributed by atoms with Crippen LogP contribution in [0, 0.1) is 5.92 Å². The van der Waals surface area contributed by atoms with Crippen LogP contribution >= 0.6 is 0 Å². The molecule has 1 saturated heterocycles. The van der Waals surface area contributed by atoms with Crippen molar-refractivity contribution in [2.45, 2.75) is 49.9 Å². The van der Waals surface area contributed by atoms with Crippen LogP contribution < -0.4 is 24.8 Å². The van der Waals surface area contributed by atoms with Crippen molar-refractivity contribution >= 4 is 17.5 Å². The highest BCUT2D eigenvalue weighted by atomic mass is 16.7. The highest BCUT2D eigenvalue weighted by Crippen LogP contribution is 2.47. The molecule has 0 spiro atoms. The number of hydrogen-bond acceptors (Lipinski definition) is 7. The molecule has 2 amide bonds. The van der Waals surface area contributed by atoms with Crippen molar-refractivity contribution in [3.05, 3.63) is 47.5 Å². The Hall–Kier alpha value is -3.30. The SMILES string of the molecule is O=C(C[C@H]1C[C@@H]2c3cc(NC(=O)c4ccc5c(c4)OCO5)ccc3O[C@@H]2[C@H](CO)O1)NCC1CC1. The molecular weight excluding hydrogens is 452 g/mol. The second kappa shape index (κ2) is 9.05. The third-order valence-electron chi connectivity index (χ3n) is 7.09. The van der Waals surface area contributed by atoms with Gasteiger partial charge in [-0.05, 0) is 61.6 Å². The first-order valence-electron chi connectivity index (χ1n) is 12.1. The van der Waals surface area contributed by atoms with Gasteiger partial charge in [-0.25, -0.2) is 0 Å². The lowest BCUT2D eigenvalue weighted by Gasteiger charge is -2.37. The van der Waals surface area contributed by atoms with E-state index in [4.69, 9.17) is 18.9 Å². The largest absolute Gasteiger partial charge is 0.487 e. The van der Waals surface area contributed by atoms with Gasteiger partial charge in [0.25, 0.3) is 5.91 Å². The normalized spacial score (nSPS) is 25.9. The predicted molar refractivity (Wildman–Crippen MR) is 125 cm³/mol.